The van der Waals surface area contributed by atoms with Crippen molar-refractivity contribution in [3.8, 4) is 5.75 Å². The van der Waals surface area contributed by atoms with E-state index in [1.54, 1.807) is 7.11 Å². The summed E-state index contributed by atoms with van der Waals surface area (Å²) in [6.45, 7) is 2.90. The number of carbonyl (C=O) groups excluding carboxylic acids is 2. The number of hydrogen-bond donors (Lipinski definition) is 0. The van der Waals surface area contributed by atoms with E-state index in [9.17, 15) is 9.59 Å². The van der Waals surface area contributed by atoms with Crippen molar-refractivity contribution in [2.45, 2.75) is 103 Å². The van der Waals surface area contributed by atoms with Crippen LogP contribution in [-0.4, -0.2) is 25.7 Å². The van der Waals surface area contributed by atoms with Crippen molar-refractivity contribution in [3.05, 3.63) is 29.8 Å². The van der Waals surface area contributed by atoms with Crippen LogP contribution in [0.2, 0.25) is 0 Å². The molecule has 0 unspecified atom stereocenters. The summed E-state index contributed by atoms with van der Waals surface area (Å²) in [6, 6.07) is 7.43. The standard InChI is InChI=1S/C26H42O5/c1-3-4-5-6-7-8-9-10-11-12-15-21-30-25(27)19-16-20-26(28)31-22-23-17-13-14-18-24(23)29-2/h13-14,17-18H,3-12,15-16,19-22H2,1-2H3. The van der Waals surface area contributed by atoms with Crippen LogP contribution in [0.1, 0.15) is 102 Å². The van der Waals surface area contributed by atoms with Crippen LogP contribution < -0.4 is 4.74 Å². The smallest absolute Gasteiger partial charge is 0.306 e. The Bertz CT molecular complexity index is 599. The molecule has 0 atom stereocenters. The first-order valence-electron chi connectivity index (χ1n) is 12.1. The first kappa shape index (κ1) is 27.0. The van der Waals surface area contributed by atoms with E-state index < -0.39 is 0 Å². The number of esters is 2. The third-order valence-corrected chi connectivity index (χ3v) is 5.35. The Morgan fingerprint density at radius 2 is 1.26 bits per heavy atom. The minimum Gasteiger partial charge on any atom is -0.496 e. The molecule has 1 rings (SSSR count). The van der Waals surface area contributed by atoms with Gasteiger partial charge in [0.1, 0.15) is 12.4 Å². The molecule has 176 valence electrons. The van der Waals surface area contributed by atoms with Gasteiger partial charge in [-0.25, -0.2) is 0 Å². The minimum atomic E-state index is -0.316. The third-order valence-electron chi connectivity index (χ3n) is 5.35. The van der Waals surface area contributed by atoms with Gasteiger partial charge in [0.05, 0.1) is 13.7 Å². The summed E-state index contributed by atoms with van der Waals surface area (Å²) in [5.74, 6) is 0.148. The molecule has 0 aromatic heterocycles. The summed E-state index contributed by atoms with van der Waals surface area (Å²) in [5, 5.41) is 0. The number of carbonyl (C=O) groups is 2. The quantitative estimate of drug-likeness (QED) is 0.178. The lowest BCUT2D eigenvalue weighted by Gasteiger charge is -2.09. The predicted molar refractivity (Wildman–Crippen MR) is 124 cm³/mol. The molecule has 0 saturated heterocycles. The average molecular weight is 435 g/mol. The highest BCUT2D eigenvalue weighted by Gasteiger charge is 2.09. The zero-order valence-corrected chi connectivity index (χ0v) is 19.7. The van der Waals surface area contributed by atoms with Gasteiger partial charge in [0, 0.05) is 18.4 Å². The molecule has 1 aromatic carbocycles. The van der Waals surface area contributed by atoms with Crippen LogP contribution in [0.5, 0.6) is 5.75 Å². The van der Waals surface area contributed by atoms with Crippen LogP contribution in [-0.2, 0) is 25.7 Å². The fourth-order valence-corrected chi connectivity index (χ4v) is 3.45. The van der Waals surface area contributed by atoms with Gasteiger partial charge in [-0.05, 0) is 18.9 Å². The van der Waals surface area contributed by atoms with Crippen molar-refractivity contribution >= 4 is 11.9 Å². The lowest BCUT2D eigenvalue weighted by atomic mass is 10.1. The minimum absolute atomic E-state index is 0.173. The Balaban J connectivity index is 1.92. The molecule has 0 aliphatic rings. The highest BCUT2D eigenvalue weighted by molar-refractivity contribution is 5.72. The Morgan fingerprint density at radius 3 is 1.87 bits per heavy atom. The SMILES string of the molecule is CCCCCCCCCCCCCOC(=O)CCCC(=O)OCc1ccccc1OC. The number of para-hydroxylation sites is 1. The first-order valence-corrected chi connectivity index (χ1v) is 12.1. The third kappa shape index (κ3) is 14.6. The van der Waals surface area contributed by atoms with Gasteiger partial charge in [0.2, 0.25) is 0 Å². The Kier molecular flexibility index (Phi) is 16.3. The highest BCUT2D eigenvalue weighted by Crippen LogP contribution is 2.18. The zero-order chi connectivity index (χ0) is 22.6. The number of hydrogen-bond acceptors (Lipinski definition) is 5. The van der Waals surface area contributed by atoms with E-state index in [2.05, 4.69) is 6.92 Å². The molecule has 5 heteroatoms. The van der Waals surface area contributed by atoms with Gasteiger partial charge >= 0.3 is 11.9 Å². The maximum atomic E-state index is 11.9. The molecule has 0 N–H and O–H groups in total. The van der Waals surface area contributed by atoms with E-state index in [1.165, 1.54) is 57.8 Å². The first-order chi connectivity index (χ1) is 15.2. The maximum Gasteiger partial charge on any atom is 0.306 e. The van der Waals surface area contributed by atoms with Crippen molar-refractivity contribution < 1.29 is 23.8 Å². The highest BCUT2D eigenvalue weighted by atomic mass is 16.5. The second-order valence-electron chi connectivity index (χ2n) is 8.08. The van der Waals surface area contributed by atoms with Crippen LogP contribution in [0.4, 0.5) is 0 Å². The van der Waals surface area contributed by atoms with Crippen LogP contribution in [0.25, 0.3) is 0 Å². The monoisotopic (exact) mass is 434 g/mol. The molecule has 0 aliphatic carbocycles. The lowest BCUT2D eigenvalue weighted by Crippen LogP contribution is -2.09. The Hall–Kier alpha value is -2.04. The molecule has 5 nitrogen and oxygen atoms in total. The van der Waals surface area contributed by atoms with Crippen molar-refractivity contribution in [2.75, 3.05) is 13.7 Å². The normalized spacial score (nSPS) is 10.6. The lowest BCUT2D eigenvalue weighted by molar-refractivity contribution is -0.146. The molecule has 0 bridgehead atoms. The molecular formula is C26H42O5. The molecule has 0 radical (unpaired) electrons. The van der Waals surface area contributed by atoms with E-state index in [0.29, 0.717) is 18.8 Å². The summed E-state index contributed by atoms with van der Waals surface area (Å²) >= 11 is 0. The van der Waals surface area contributed by atoms with Crippen LogP contribution in [0, 0.1) is 0 Å². The van der Waals surface area contributed by atoms with Gasteiger partial charge < -0.3 is 14.2 Å². The second-order valence-corrected chi connectivity index (χ2v) is 8.08. The summed E-state index contributed by atoms with van der Waals surface area (Å²) in [6.07, 6.45) is 14.9. The van der Waals surface area contributed by atoms with Crippen molar-refractivity contribution in [1.29, 1.82) is 0 Å². The summed E-state index contributed by atoms with van der Waals surface area (Å²) < 4.78 is 15.8. The number of methoxy groups -OCH3 is 1. The summed E-state index contributed by atoms with van der Waals surface area (Å²) in [4.78, 5) is 23.6. The largest absolute Gasteiger partial charge is 0.496 e. The number of rotatable bonds is 19. The van der Waals surface area contributed by atoms with Crippen molar-refractivity contribution in [1.82, 2.24) is 0 Å². The van der Waals surface area contributed by atoms with E-state index in [4.69, 9.17) is 14.2 Å². The molecule has 0 aliphatic heterocycles. The predicted octanol–water partition coefficient (Wildman–Crippen LogP) is 6.76. The molecule has 0 saturated carbocycles. The number of benzene rings is 1. The molecule has 1 aromatic rings. The summed E-state index contributed by atoms with van der Waals surface area (Å²) in [5.41, 5.74) is 0.824. The summed E-state index contributed by atoms with van der Waals surface area (Å²) in [7, 11) is 1.59. The molecule has 0 amide bonds. The fourth-order valence-electron chi connectivity index (χ4n) is 3.45. The topological polar surface area (TPSA) is 61.8 Å². The van der Waals surface area contributed by atoms with Gasteiger partial charge in [0.15, 0.2) is 0 Å². The Labute approximate surface area is 188 Å². The van der Waals surface area contributed by atoms with Crippen LogP contribution in [0.15, 0.2) is 24.3 Å². The molecule has 0 heterocycles. The average Bonchev–Trinajstić information content (AvgIpc) is 2.78. The molecule has 0 fully saturated rings. The second kappa shape index (κ2) is 18.7. The van der Waals surface area contributed by atoms with Gasteiger partial charge in [-0.2, -0.15) is 0 Å². The van der Waals surface area contributed by atoms with Crippen molar-refractivity contribution in [2.24, 2.45) is 0 Å². The van der Waals surface area contributed by atoms with Gasteiger partial charge in [0.25, 0.3) is 0 Å². The van der Waals surface area contributed by atoms with E-state index in [-0.39, 0.29) is 31.4 Å². The van der Waals surface area contributed by atoms with E-state index in [0.717, 1.165) is 18.4 Å². The molecule has 31 heavy (non-hydrogen) atoms. The van der Waals surface area contributed by atoms with Gasteiger partial charge in [-0.1, -0.05) is 89.3 Å². The zero-order valence-electron chi connectivity index (χ0n) is 19.7. The number of unbranched alkanes of at least 4 members (excludes halogenated alkanes) is 10. The van der Waals surface area contributed by atoms with E-state index in [1.807, 2.05) is 24.3 Å². The maximum absolute atomic E-state index is 11.9. The van der Waals surface area contributed by atoms with E-state index >= 15 is 0 Å². The number of ether oxygens (including phenoxy) is 3. The van der Waals surface area contributed by atoms with Crippen molar-refractivity contribution in [3.63, 3.8) is 0 Å². The molecular weight excluding hydrogens is 392 g/mol. The van der Waals surface area contributed by atoms with Gasteiger partial charge in [-0.3, -0.25) is 9.59 Å². The molecule has 0 spiro atoms. The van der Waals surface area contributed by atoms with Crippen LogP contribution in [0.3, 0.4) is 0 Å². The van der Waals surface area contributed by atoms with Crippen LogP contribution >= 0.6 is 0 Å². The van der Waals surface area contributed by atoms with Gasteiger partial charge in [-0.15, -0.1) is 0 Å². The fraction of sp³-hybridized carbons (Fsp3) is 0.692. The Morgan fingerprint density at radius 1 is 0.710 bits per heavy atom.